The van der Waals surface area contributed by atoms with Gasteiger partial charge in [-0.25, -0.2) is 4.98 Å². The SMILES string of the molecule is CCC1(Nc2ccnc(F)c2)CCC1. The van der Waals surface area contributed by atoms with Crippen molar-refractivity contribution in [3.05, 3.63) is 24.3 Å². The fraction of sp³-hybridized carbons (Fsp3) is 0.545. The second-order valence-electron chi connectivity index (χ2n) is 3.98. The molecule has 0 radical (unpaired) electrons. The van der Waals surface area contributed by atoms with Crippen molar-refractivity contribution in [2.75, 3.05) is 5.32 Å². The largest absolute Gasteiger partial charge is 0.379 e. The monoisotopic (exact) mass is 194 g/mol. The Kier molecular flexibility index (Phi) is 2.40. The Hall–Kier alpha value is -1.12. The van der Waals surface area contributed by atoms with Crippen molar-refractivity contribution >= 4 is 5.69 Å². The number of aromatic nitrogens is 1. The molecule has 0 amide bonds. The molecular weight excluding hydrogens is 179 g/mol. The molecule has 3 heteroatoms. The summed E-state index contributed by atoms with van der Waals surface area (Å²) in [6.45, 7) is 2.17. The van der Waals surface area contributed by atoms with Crippen LogP contribution < -0.4 is 5.32 Å². The number of pyridine rings is 1. The minimum atomic E-state index is -0.416. The van der Waals surface area contributed by atoms with Crippen LogP contribution in [0.15, 0.2) is 18.3 Å². The van der Waals surface area contributed by atoms with E-state index in [1.54, 1.807) is 0 Å². The zero-order chi connectivity index (χ0) is 10.0. The highest BCUT2D eigenvalue weighted by molar-refractivity contribution is 5.44. The summed E-state index contributed by atoms with van der Waals surface area (Å²) >= 11 is 0. The standard InChI is InChI=1S/C11H15FN2/c1-2-11(5-3-6-11)14-9-4-7-13-10(12)8-9/h4,7-8H,2-3,5-6H2,1H3,(H,13,14). The minimum Gasteiger partial charge on any atom is -0.379 e. The summed E-state index contributed by atoms with van der Waals surface area (Å²) in [5, 5.41) is 3.40. The van der Waals surface area contributed by atoms with Crippen LogP contribution in [-0.4, -0.2) is 10.5 Å². The molecule has 0 spiro atoms. The Labute approximate surface area is 83.6 Å². The molecule has 1 N–H and O–H groups in total. The summed E-state index contributed by atoms with van der Waals surface area (Å²) in [4.78, 5) is 3.53. The van der Waals surface area contributed by atoms with E-state index in [2.05, 4.69) is 17.2 Å². The van der Waals surface area contributed by atoms with Crippen LogP contribution in [0.25, 0.3) is 0 Å². The van der Waals surface area contributed by atoms with Gasteiger partial charge in [0.15, 0.2) is 0 Å². The summed E-state index contributed by atoms with van der Waals surface area (Å²) in [5.74, 6) is -0.416. The molecule has 1 heterocycles. The lowest BCUT2D eigenvalue weighted by atomic mass is 9.75. The fourth-order valence-electron chi connectivity index (χ4n) is 1.96. The van der Waals surface area contributed by atoms with Gasteiger partial charge in [-0.1, -0.05) is 6.92 Å². The number of halogens is 1. The van der Waals surface area contributed by atoms with Crippen LogP contribution in [0, 0.1) is 5.95 Å². The average molecular weight is 194 g/mol. The van der Waals surface area contributed by atoms with Crippen LogP contribution >= 0.6 is 0 Å². The second kappa shape index (κ2) is 3.56. The molecular formula is C11H15FN2. The fourth-order valence-corrected chi connectivity index (χ4v) is 1.96. The molecule has 0 saturated heterocycles. The van der Waals surface area contributed by atoms with Gasteiger partial charge < -0.3 is 5.32 Å². The van der Waals surface area contributed by atoms with Gasteiger partial charge >= 0.3 is 0 Å². The molecule has 14 heavy (non-hydrogen) atoms. The van der Waals surface area contributed by atoms with Crippen LogP contribution in [0.4, 0.5) is 10.1 Å². The average Bonchev–Trinajstić information content (AvgIpc) is 2.11. The first-order chi connectivity index (χ1) is 6.74. The van der Waals surface area contributed by atoms with Crippen molar-refractivity contribution in [2.45, 2.75) is 38.1 Å². The summed E-state index contributed by atoms with van der Waals surface area (Å²) in [6, 6.07) is 3.27. The van der Waals surface area contributed by atoms with Gasteiger partial charge in [0.2, 0.25) is 5.95 Å². The van der Waals surface area contributed by atoms with Crippen molar-refractivity contribution in [3.63, 3.8) is 0 Å². The summed E-state index contributed by atoms with van der Waals surface area (Å²) in [5.41, 5.74) is 1.06. The molecule has 1 aromatic rings. The van der Waals surface area contributed by atoms with Gasteiger partial charge in [0.1, 0.15) is 0 Å². The Morgan fingerprint density at radius 2 is 2.36 bits per heavy atom. The quantitative estimate of drug-likeness (QED) is 0.748. The normalized spacial score (nSPS) is 18.7. The minimum absolute atomic E-state index is 0.216. The van der Waals surface area contributed by atoms with Crippen molar-refractivity contribution in [3.8, 4) is 0 Å². The molecule has 1 aromatic heterocycles. The summed E-state index contributed by atoms with van der Waals surface area (Å²) < 4.78 is 12.8. The van der Waals surface area contributed by atoms with Crippen molar-refractivity contribution in [2.24, 2.45) is 0 Å². The number of hydrogen-bond acceptors (Lipinski definition) is 2. The summed E-state index contributed by atoms with van der Waals surface area (Å²) in [7, 11) is 0. The predicted molar refractivity (Wildman–Crippen MR) is 54.7 cm³/mol. The molecule has 1 aliphatic rings. The summed E-state index contributed by atoms with van der Waals surface area (Å²) in [6.07, 6.45) is 6.24. The Balaban J connectivity index is 2.09. The number of hydrogen-bond donors (Lipinski definition) is 1. The first-order valence-electron chi connectivity index (χ1n) is 5.14. The second-order valence-corrected chi connectivity index (χ2v) is 3.98. The zero-order valence-electron chi connectivity index (χ0n) is 8.39. The van der Waals surface area contributed by atoms with Crippen molar-refractivity contribution < 1.29 is 4.39 Å². The molecule has 1 aliphatic carbocycles. The molecule has 0 aliphatic heterocycles. The van der Waals surface area contributed by atoms with Gasteiger partial charge in [-0.2, -0.15) is 4.39 Å². The number of nitrogens with zero attached hydrogens (tertiary/aromatic N) is 1. The van der Waals surface area contributed by atoms with E-state index in [0.29, 0.717) is 0 Å². The zero-order valence-corrected chi connectivity index (χ0v) is 8.39. The lowest BCUT2D eigenvalue weighted by molar-refractivity contribution is 0.269. The van der Waals surface area contributed by atoms with Crippen LogP contribution in [0.1, 0.15) is 32.6 Å². The highest BCUT2D eigenvalue weighted by Crippen LogP contribution is 2.37. The number of anilines is 1. The number of nitrogens with one attached hydrogen (secondary N) is 1. The maximum Gasteiger partial charge on any atom is 0.214 e. The molecule has 0 bridgehead atoms. The third kappa shape index (κ3) is 1.72. The molecule has 76 valence electrons. The van der Waals surface area contributed by atoms with E-state index in [9.17, 15) is 4.39 Å². The van der Waals surface area contributed by atoms with Gasteiger partial charge in [0, 0.05) is 23.5 Å². The predicted octanol–water partition coefficient (Wildman–Crippen LogP) is 2.97. The molecule has 2 nitrogen and oxygen atoms in total. The van der Waals surface area contributed by atoms with Crippen molar-refractivity contribution in [1.82, 2.24) is 4.98 Å². The van der Waals surface area contributed by atoms with Gasteiger partial charge in [-0.05, 0) is 31.7 Å². The van der Waals surface area contributed by atoms with E-state index in [1.807, 2.05) is 6.07 Å². The Morgan fingerprint density at radius 3 is 2.86 bits per heavy atom. The Morgan fingerprint density at radius 1 is 1.57 bits per heavy atom. The van der Waals surface area contributed by atoms with E-state index in [-0.39, 0.29) is 5.54 Å². The van der Waals surface area contributed by atoms with E-state index in [1.165, 1.54) is 31.5 Å². The third-order valence-corrected chi connectivity index (χ3v) is 3.12. The highest BCUT2D eigenvalue weighted by atomic mass is 19.1. The van der Waals surface area contributed by atoms with E-state index in [0.717, 1.165) is 12.1 Å². The molecule has 2 rings (SSSR count). The van der Waals surface area contributed by atoms with Crippen molar-refractivity contribution in [1.29, 1.82) is 0 Å². The van der Waals surface area contributed by atoms with E-state index < -0.39 is 5.95 Å². The smallest absolute Gasteiger partial charge is 0.214 e. The topological polar surface area (TPSA) is 24.9 Å². The van der Waals surface area contributed by atoms with Gasteiger partial charge in [0.25, 0.3) is 0 Å². The molecule has 0 atom stereocenters. The van der Waals surface area contributed by atoms with Crippen LogP contribution in [-0.2, 0) is 0 Å². The lowest BCUT2D eigenvalue weighted by Crippen LogP contribution is -2.44. The highest BCUT2D eigenvalue weighted by Gasteiger charge is 2.34. The van der Waals surface area contributed by atoms with Crippen LogP contribution in [0.2, 0.25) is 0 Å². The maximum absolute atomic E-state index is 12.8. The van der Waals surface area contributed by atoms with Crippen LogP contribution in [0.3, 0.4) is 0 Å². The van der Waals surface area contributed by atoms with Gasteiger partial charge in [-0.15, -0.1) is 0 Å². The molecule has 1 fully saturated rings. The van der Waals surface area contributed by atoms with E-state index in [4.69, 9.17) is 0 Å². The van der Waals surface area contributed by atoms with Gasteiger partial charge in [-0.3, -0.25) is 0 Å². The number of rotatable bonds is 3. The lowest BCUT2D eigenvalue weighted by Gasteiger charge is -2.42. The maximum atomic E-state index is 12.8. The molecule has 0 unspecified atom stereocenters. The van der Waals surface area contributed by atoms with Crippen LogP contribution in [0.5, 0.6) is 0 Å². The third-order valence-electron chi connectivity index (χ3n) is 3.12. The Bertz CT molecular complexity index is 315. The first-order valence-corrected chi connectivity index (χ1v) is 5.14. The van der Waals surface area contributed by atoms with E-state index >= 15 is 0 Å². The first kappa shape index (κ1) is 9.44. The molecule has 0 aromatic carbocycles. The van der Waals surface area contributed by atoms with Gasteiger partial charge in [0.05, 0.1) is 0 Å². The molecule has 1 saturated carbocycles.